The fourth-order valence-corrected chi connectivity index (χ4v) is 1.89. The molecule has 1 aromatic carbocycles. The number of aromatic amines is 1. The first kappa shape index (κ1) is 11.5. The van der Waals surface area contributed by atoms with Gasteiger partial charge in [0.05, 0.1) is 10.7 Å². The van der Waals surface area contributed by atoms with E-state index in [1.165, 1.54) is 0 Å². The maximum absolute atomic E-state index is 6.08. The van der Waals surface area contributed by atoms with Crippen LogP contribution in [-0.2, 0) is 6.54 Å². The van der Waals surface area contributed by atoms with E-state index in [4.69, 9.17) is 23.2 Å². The standard InChI is InChI=1S/C11H11Cl2N3/c1-14-6-9-10(13)16-11(15-9)7-4-2-3-5-8(7)12/h2-5,14H,6H2,1H3,(H,15,16). The lowest BCUT2D eigenvalue weighted by atomic mass is 10.2. The molecule has 2 aromatic rings. The van der Waals surface area contributed by atoms with Crippen LogP contribution < -0.4 is 5.32 Å². The molecule has 2 rings (SSSR count). The highest BCUT2D eigenvalue weighted by molar-refractivity contribution is 6.33. The van der Waals surface area contributed by atoms with Crippen molar-refractivity contribution in [3.63, 3.8) is 0 Å². The minimum Gasteiger partial charge on any atom is -0.339 e. The fourth-order valence-electron chi connectivity index (χ4n) is 1.46. The number of nitrogens with zero attached hydrogens (tertiary/aromatic N) is 1. The molecule has 5 heteroatoms. The lowest BCUT2D eigenvalue weighted by Crippen LogP contribution is -2.05. The predicted octanol–water partition coefficient (Wildman–Crippen LogP) is 3.10. The summed E-state index contributed by atoms with van der Waals surface area (Å²) in [4.78, 5) is 7.40. The van der Waals surface area contributed by atoms with Crippen LogP contribution in [0.3, 0.4) is 0 Å². The van der Waals surface area contributed by atoms with Gasteiger partial charge < -0.3 is 10.3 Å². The van der Waals surface area contributed by atoms with Gasteiger partial charge in [-0.1, -0.05) is 35.3 Å². The molecular formula is C11H11Cl2N3. The molecule has 0 aliphatic rings. The molecule has 0 atom stereocenters. The van der Waals surface area contributed by atoms with Crippen molar-refractivity contribution >= 4 is 23.2 Å². The molecule has 1 heterocycles. The van der Waals surface area contributed by atoms with Gasteiger partial charge in [-0.2, -0.15) is 0 Å². The second kappa shape index (κ2) is 4.87. The first-order valence-corrected chi connectivity index (χ1v) is 5.62. The molecule has 0 saturated heterocycles. The molecule has 84 valence electrons. The van der Waals surface area contributed by atoms with Crippen molar-refractivity contribution in [1.29, 1.82) is 0 Å². The van der Waals surface area contributed by atoms with Crippen molar-refractivity contribution in [2.24, 2.45) is 0 Å². The van der Waals surface area contributed by atoms with Crippen molar-refractivity contribution in [1.82, 2.24) is 15.3 Å². The smallest absolute Gasteiger partial charge is 0.152 e. The van der Waals surface area contributed by atoms with Crippen LogP contribution in [0.2, 0.25) is 10.2 Å². The molecule has 0 aliphatic heterocycles. The summed E-state index contributed by atoms with van der Waals surface area (Å²) in [6, 6.07) is 7.52. The summed E-state index contributed by atoms with van der Waals surface area (Å²) in [5.41, 5.74) is 1.72. The highest BCUT2D eigenvalue weighted by atomic mass is 35.5. The largest absolute Gasteiger partial charge is 0.339 e. The molecule has 3 nitrogen and oxygen atoms in total. The Morgan fingerprint density at radius 1 is 1.31 bits per heavy atom. The zero-order valence-electron chi connectivity index (χ0n) is 8.72. The zero-order chi connectivity index (χ0) is 11.5. The Balaban J connectivity index is 2.42. The molecule has 0 saturated carbocycles. The molecule has 0 unspecified atom stereocenters. The van der Waals surface area contributed by atoms with Crippen LogP contribution in [0.1, 0.15) is 5.69 Å². The number of imidazole rings is 1. The van der Waals surface area contributed by atoms with Crippen LogP contribution in [0, 0.1) is 0 Å². The third-order valence-corrected chi connectivity index (χ3v) is 2.85. The SMILES string of the molecule is CNCc1[nH]c(-c2ccccc2Cl)nc1Cl. The van der Waals surface area contributed by atoms with Crippen LogP contribution in [0.5, 0.6) is 0 Å². The molecule has 0 fully saturated rings. The van der Waals surface area contributed by atoms with E-state index in [2.05, 4.69) is 15.3 Å². The average molecular weight is 256 g/mol. The normalized spacial score (nSPS) is 10.7. The van der Waals surface area contributed by atoms with E-state index in [0.29, 0.717) is 22.5 Å². The van der Waals surface area contributed by atoms with Crippen LogP contribution in [0.15, 0.2) is 24.3 Å². The molecule has 0 bridgehead atoms. The number of hydrogen-bond acceptors (Lipinski definition) is 2. The average Bonchev–Trinajstić information content (AvgIpc) is 2.61. The van der Waals surface area contributed by atoms with Crippen molar-refractivity contribution < 1.29 is 0 Å². The zero-order valence-corrected chi connectivity index (χ0v) is 10.2. The van der Waals surface area contributed by atoms with Crippen LogP contribution in [0.25, 0.3) is 11.4 Å². The van der Waals surface area contributed by atoms with E-state index in [9.17, 15) is 0 Å². The molecule has 0 radical (unpaired) electrons. The van der Waals surface area contributed by atoms with E-state index in [1.54, 1.807) is 0 Å². The van der Waals surface area contributed by atoms with E-state index in [-0.39, 0.29) is 0 Å². The van der Waals surface area contributed by atoms with Crippen LogP contribution in [-0.4, -0.2) is 17.0 Å². The van der Waals surface area contributed by atoms with Crippen LogP contribution in [0.4, 0.5) is 0 Å². The third-order valence-electron chi connectivity index (χ3n) is 2.21. The van der Waals surface area contributed by atoms with E-state index in [0.717, 1.165) is 11.3 Å². The summed E-state index contributed by atoms with van der Waals surface area (Å²) >= 11 is 12.1. The van der Waals surface area contributed by atoms with Gasteiger partial charge in [-0.3, -0.25) is 0 Å². The summed E-state index contributed by atoms with van der Waals surface area (Å²) in [6.45, 7) is 0.649. The van der Waals surface area contributed by atoms with Crippen molar-refractivity contribution in [2.45, 2.75) is 6.54 Å². The number of hydrogen-bond donors (Lipinski definition) is 2. The Morgan fingerprint density at radius 2 is 2.06 bits per heavy atom. The van der Waals surface area contributed by atoms with Gasteiger partial charge in [-0.25, -0.2) is 4.98 Å². The molecular weight excluding hydrogens is 245 g/mol. The van der Waals surface area contributed by atoms with Crippen molar-refractivity contribution in [3.05, 3.63) is 40.1 Å². The molecule has 0 amide bonds. The first-order valence-electron chi connectivity index (χ1n) is 4.86. The predicted molar refractivity (Wildman–Crippen MR) is 66.8 cm³/mol. The maximum Gasteiger partial charge on any atom is 0.152 e. The second-order valence-electron chi connectivity index (χ2n) is 3.36. The first-order chi connectivity index (χ1) is 7.72. The molecule has 1 aromatic heterocycles. The van der Waals surface area contributed by atoms with Gasteiger partial charge in [0, 0.05) is 12.1 Å². The highest BCUT2D eigenvalue weighted by Crippen LogP contribution is 2.27. The summed E-state index contributed by atoms with van der Waals surface area (Å²) < 4.78 is 0. The number of rotatable bonds is 3. The number of H-pyrrole nitrogens is 1. The summed E-state index contributed by atoms with van der Waals surface area (Å²) in [5.74, 6) is 0.695. The Bertz CT molecular complexity index is 494. The van der Waals surface area contributed by atoms with Gasteiger partial charge in [0.2, 0.25) is 0 Å². The summed E-state index contributed by atoms with van der Waals surface area (Å²) in [5, 5.41) is 4.15. The van der Waals surface area contributed by atoms with E-state index >= 15 is 0 Å². The molecule has 0 aliphatic carbocycles. The molecule has 16 heavy (non-hydrogen) atoms. The Morgan fingerprint density at radius 3 is 2.75 bits per heavy atom. The van der Waals surface area contributed by atoms with Gasteiger partial charge in [-0.15, -0.1) is 0 Å². The van der Waals surface area contributed by atoms with Gasteiger partial charge in [0.25, 0.3) is 0 Å². The monoisotopic (exact) mass is 255 g/mol. The molecule has 0 spiro atoms. The Labute approximate surface area is 104 Å². The topological polar surface area (TPSA) is 40.7 Å². The minimum absolute atomic E-state index is 0.476. The van der Waals surface area contributed by atoms with Gasteiger partial charge in [0.1, 0.15) is 5.82 Å². The second-order valence-corrected chi connectivity index (χ2v) is 4.13. The molecule has 2 N–H and O–H groups in total. The van der Waals surface area contributed by atoms with Crippen molar-refractivity contribution in [3.8, 4) is 11.4 Å². The Kier molecular flexibility index (Phi) is 3.49. The van der Waals surface area contributed by atoms with Gasteiger partial charge in [0.15, 0.2) is 5.15 Å². The lowest BCUT2D eigenvalue weighted by Gasteiger charge is -1.99. The number of halogens is 2. The Hall–Kier alpha value is -1.03. The number of aromatic nitrogens is 2. The highest BCUT2D eigenvalue weighted by Gasteiger charge is 2.11. The van der Waals surface area contributed by atoms with Gasteiger partial charge in [-0.05, 0) is 19.2 Å². The quantitative estimate of drug-likeness (QED) is 0.885. The van der Waals surface area contributed by atoms with E-state index in [1.807, 2.05) is 31.3 Å². The number of benzene rings is 1. The summed E-state index contributed by atoms with van der Waals surface area (Å²) in [6.07, 6.45) is 0. The third kappa shape index (κ3) is 2.21. The fraction of sp³-hybridized carbons (Fsp3) is 0.182. The van der Waals surface area contributed by atoms with Gasteiger partial charge >= 0.3 is 0 Å². The van der Waals surface area contributed by atoms with Crippen LogP contribution >= 0.6 is 23.2 Å². The maximum atomic E-state index is 6.08. The van der Waals surface area contributed by atoms with Crippen molar-refractivity contribution in [2.75, 3.05) is 7.05 Å². The summed E-state index contributed by atoms with van der Waals surface area (Å²) in [7, 11) is 1.85. The minimum atomic E-state index is 0.476. The van der Waals surface area contributed by atoms with E-state index < -0.39 is 0 Å². The number of nitrogens with one attached hydrogen (secondary N) is 2. The lowest BCUT2D eigenvalue weighted by molar-refractivity contribution is 0.798.